The minimum atomic E-state index is -0.848. The molecule has 0 atom stereocenters. The second-order valence-electron chi connectivity index (χ2n) is 9.14. The summed E-state index contributed by atoms with van der Waals surface area (Å²) in [7, 11) is 4.18. The van der Waals surface area contributed by atoms with Crippen molar-refractivity contribution in [1.29, 1.82) is 0 Å². The third-order valence-corrected chi connectivity index (χ3v) is 5.22. The summed E-state index contributed by atoms with van der Waals surface area (Å²) in [5, 5.41) is 9.72. The fraction of sp³-hybridized carbons (Fsp3) is 0.360. The third-order valence-electron chi connectivity index (χ3n) is 5.22. The predicted molar refractivity (Wildman–Crippen MR) is 126 cm³/mol. The average Bonchev–Trinajstić information content (AvgIpc) is 3.02. The maximum Gasteiger partial charge on any atom is 0.283 e. The van der Waals surface area contributed by atoms with E-state index in [0.717, 1.165) is 42.8 Å². The number of hydrogen-bond acceptors (Lipinski definition) is 4. The highest BCUT2D eigenvalue weighted by molar-refractivity contribution is 5.94. The molecule has 0 aliphatic rings. The van der Waals surface area contributed by atoms with Crippen molar-refractivity contribution >= 4 is 23.0 Å². The van der Waals surface area contributed by atoms with E-state index in [1.165, 1.54) is 11.6 Å². The molecule has 3 N–H and O–H groups in total. The lowest BCUT2D eigenvalue weighted by atomic mass is 9.92. The molecule has 6 heteroatoms. The van der Waals surface area contributed by atoms with Gasteiger partial charge in [0.1, 0.15) is 5.82 Å². The molecule has 1 amide bonds. The van der Waals surface area contributed by atoms with E-state index in [1.807, 2.05) is 24.3 Å². The SMILES string of the molecule is CN(C)CC(C)(C)Cn1c(CCc2ccccc2)nc2cc(C=C(O)C(N)=O)ccc21. The van der Waals surface area contributed by atoms with Crippen molar-refractivity contribution in [1.82, 2.24) is 14.5 Å². The molecule has 0 spiro atoms. The summed E-state index contributed by atoms with van der Waals surface area (Å²) in [6, 6.07) is 16.2. The van der Waals surface area contributed by atoms with Gasteiger partial charge in [-0.05, 0) is 55.3 Å². The molecule has 0 saturated heterocycles. The molecule has 164 valence electrons. The number of benzene rings is 2. The first-order valence-electron chi connectivity index (χ1n) is 10.5. The van der Waals surface area contributed by atoms with Crippen LogP contribution in [0.25, 0.3) is 17.1 Å². The molecule has 1 aromatic heterocycles. The maximum atomic E-state index is 11.2. The topological polar surface area (TPSA) is 84.4 Å². The first-order chi connectivity index (χ1) is 14.6. The van der Waals surface area contributed by atoms with Crippen molar-refractivity contribution in [3.63, 3.8) is 0 Å². The van der Waals surface area contributed by atoms with Gasteiger partial charge in [-0.2, -0.15) is 0 Å². The van der Waals surface area contributed by atoms with Crippen molar-refractivity contribution in [2.75, 3.05) is 20.6 Å². The van der Waals surface area contributed by atoms with Crippen LogP contribution in [-0.4, -0.2) is 46.1 Å². The number of amides is 1. The Morgan fingerprint density at radius 1 is 1.16 bits per heavy atom. The number of rotatable bonds is 9. The van der Waals surface area contributed by atoms with Crippen molar-refractivity contribution < 1.29 is 9.90 Å². The minimum Gasteiger partial charge on any atom is -0.503 e. The lowest BCUT2D eigenvalue weighted by Gasteiger charge is -2.29. The first kappa shape index (κ1) is 22.6. The molecule has 2 aromatic carbocycles. The highest BCUT2D eigenvalue weighted by atomic mass is 16.3. The largest absolute Gasteiger partial charge is 0.503 e. The van der Waals surface area contributed by atoms with E-state index in [2.05, 4.69) is 61.7 Å². The fourth-order valence-electron chi connectivity index (χ4n) is 4.12. The molecule has 0 aliphatic heterocycles. The molecule has 31 heavy (non-hydrogen) atoms. The molecular weight excluding hydrogens is 388 g/mol. The number of hydrogen-bond donors (Lipinski definition) is 2. The van der Waals surface area contributed by atoms with Gasteiger partial charge in [-0.25, -0.2) is 4.98 Å². The van der Waals surface area contributed by atoms with Crippen LogP contribution in [0.4, 0.5) is 0 Å². The van der Waals surface area contributed by atoms with E-state index in [9.17, 15) is 9.90 Å². The summed E-state index contributed by atoms with van der Waals surface area (Å²) < 4.78 is 2.31. The molecular formula is C25H32N4O2. The molecule has 1 heterocycles. The predicted octanol–water partition coefficient (Wildman–Crippen LogP) is 3.79. The lowest BCUT2D eigenvalue weighted by molar-refractivity contribution is -0.116. The van der Waals surface area contributed by atoms with Crippen molar-refractivity contribution in [3.8, 4) is 0 Å². The van der Waals surface area contributed by atoms with E-state index < -0.39 is 11.7 Å². The van der Waals surface area contributed by atoms with Crippen LogP contribution in [0, 0.1) is 5.41 Å². The zero-order valence-electron chi connectivity index (χ0n) is 18.8. The molecule has 0 bridgehead atoms. The van der Waals surface area contributed by atoms with Gasteiger partial charge in [0.25, 0.3) is 5.91 Å². The number of aryl methyl sites for hydroxylation is 2. The van der Waals surface area contributed by atoms with Crippen molar-refractivity contribution in [2.24, 2.45) is 11.1 Å². The zero-order valence-corrected chi connectivity index (χ0v) is 18.8. The number of primary amides is 1. The number of nitrogens with two attached hydrogens (primary N) is 1. The van der Waals surface area contributed by atoms with E-state index in [0.29, 0.717) is 5.56 Å². The molecule has 0 unspecified atom stereocenters. The Balaban J connectivity index is 1.99. The fourth-order valence-corrected chi connectivity index (χ4v) is 4.12. The Kier molecular flexibility index (Phi) is 6.81. The summed E-state index contributed by atoms with van der Waals surface area (Å²) >= 11 is 0. The van der Waals surface area contributed by atoms with Gasteiger partial charge in [0.2, 0.25) is 0 Å². The summed E-state index contributed by atoms with van der Waals surface area (Å²) in [5.74, 6) is -0.277. The van der Waals surface area contributed by atoms with Crippen molar-refractivity contribution in [3.05, 3.63) is 71.2 Å². The van der Waals surface area contributed by atoms with E-state index in [1.54, 1.807) is 0 Å². The van der Waals surface area contributed by atoms with Gasteiger partial charge in [0, 0.05) is 19.5 Å². The Labute approximate surface area is 184 Å². The smallest absolute Gasteiger partial charge is 0.283 e. The van der Waals surface area contributed by atoms with Gasteiger partial charge >= 0.3 is 0 Å². The van der Waals surface area contributed by atoms with Crippen LogP contribution in [0.5, 0.6) is 0 Å². The lowest BCUT2D eigenvalue weighted by Crippen LogP contribution is -2.32. The second kappa shape index (κ2) is 9.35. The summed E-state index contributed by atoms with van der Waals surface area (Å²) in [6.07, 6.45) is 3.11. The van der Waals surface area contributed by atoms with Gasteiger partial charge in [-0.15, -0.1) is 0 Å². The Morgan fingerprint density at radius 3 is 2.52 bits per heavy atom. The standard InChI is InChI=1S/C25H32N4O2/c1-25(2,16-28(3)4)17-29-21-12-10-19(15-22(30)24(26)31)14-20(21)27-23(29)13-11-18-8-6-5-7-9-18/h5-10,12,14-15,30H,11,13,16-17H2,1-4H3,(H2,26,31). The number of carbonyl (C=O) groups excluding carboxylic acids is 1. The summed E-state index contributed by atoms with van der Waals surface area (Å²) in [5.41, 5.74) is 9.07. The third kappa shape index (κ3) is 5.95. The molecule has 6 nitrogen and oxygen atoms in total. The van der Waals surface area contributed by atoms with Gasteiger partial charge in [0.05, 0.1) is 11.0 Å². The Bertz CT molecular complexity index is 1080. The molecule has 0 fully saturated rings. The molecule has 0 aliphatic carbocycles. The number of aliphatic hydroxyl groups excluding tert-OH is 1. The number of imidazole rings is 1. The number of aromatic nitrogens is 2. The monoisotopic (exact) mass is 420 g/mol. The number of fused-ring (bicyclic) bond motifs is 1. The molecule has 0 saturated carbocycles. The van der Waals surface area contributed by atoms with Crippen LogP contribution in [0.15, 0.2) is 54.3 Å². The quantitative estimate of drug-likeness (QED) is 0.407. The van der Waals surface area contributed by atoms with Crippen LogP contribution in [0.3, 0.4) is 0 Å². The normalized spacial score (nSPS) is 12.6. The number of carbonyl (C=O) groups is 1. The average molecular weight is 421 g/mol. The summed E-state index contributed by atoms with van der Waals surface area (Å²) in [6.45, 7) is 6.33. The van der Waals surface area contributed by atoms with E-state index in [4.69, 9.17) is 10.7 Å². The highest BCUT2D eigenvalue weighted by Gasteiger charge is 2.23. The van der Waals surface area contributed by atoms with Gasteiger partial charge in [-0.3, -0.25) is 4.79 Å². The molecule has 3 aromatic rings. The van der Waals surface area contributed by atoms with Crippen LogP contribution in [0.2, 0.25) is 0 Å². The van der Waals surface area contributed by atoms with Gasteiger partial charge in [0.15, 0.2) is 5.76 Å². The first-order valence-corrected chi connectivity index (χ1v) is 10.5. The van der Waals surface area contributed by atoms with Gasteiger partial charge < -0.3 is 20.3 Å². The van der Waals surface area contributed by atoms with Crippen LogP contribution >= 0.6 is 0 Å². The van der Waals surface area contributed by atoms with Crippen LogP contribution in [-0.2, 0) is 24.2 Å². The number of aliphatic hydroxyl groups is 1. The van der Waals surface area contributed by atoms with E-state index >= 15 is 0 Å². The van der Waals surface area contributed by atoms with Crippen molar-refractivity contribution in [2.45, 2.75) is 33.2 Å². The minimum absolute atomic E-state index is 0.0570. The Morgan fingerprint density at radius 2 is 1.87 bits per heavy atom. The zero-order chi connectivity index (χ0) is 22.6. The Hall–Kier alpha value is -3.12. The maximum absolute atomic E-state index is 11.2. The number of nitrogens with zero attached hydrogens (tertiary/aromatic N) is 3. The van der Waals surface area contributed by atoms with E-state index in [-0.39, 0.29) is 5.41 Å². The van der Waals surface area contributed by atoms with Gasteiger partial charge in [-0.1, -0.05) is 50.2 Å². The summed E-state index contributed by atoms with van der Waals surface area (Å²) in [4.78, 5) is 18.3. The van der Waals surface area contributed by atoms with Crippen LogP contribution in [0.1, 0.15) is 30.8 Å². The second-order valence-corrected chi connectivity index (χ2v) is 9.14. The van der Waals surface area contributed by atoms with Crippen LogP contribution < -0.4 is 5.73 Å². The molecule has 3 rings (SSSR count). The highest BCUT2D eigenvalue weighted by Crippen LogP contribution is 2.26. The molecule has 0 radical (unpaired) electrons.